The molecule has 182 valence electrons. The van der Waals surface area contributed by atoms with Crippen LogP contribution in [0.4, 0.5) is 15.8 Å². The molecule has 0 aliphatic rings. The molecule has 9 heteroatoms. The minimum Gasteiger partial charge on any atom is -0.334 e. The maximum absolute atomic E-state index is 13.7. The fourth-order valence-corrected chi connectivity index (χ4v) is 3.44. The van der Waals surface area contributed by atoms with Crippen molar-refractivity contribution < 1.29 is 18.9 Å². The van der Waals surface area contributed by atoms with Gasteiger partial charge in [-0.2, -0.15) is 0 Å². The number of halogens is 1. The Morgan fingerprint density at radius 3 is 2.26 bits per heavy atom. The Morgan fingerprint density at radius 2 is 1.69 bits per heavy atom. The number of carbonyl (C=O) groups excluding carboxylic acids is 2. The maximum Gasteiger partial charge on any atom is 0.269 e. The zero-order valence-electron chi connectivity index (χ0n) is 19.5. The van der Waals surface area contributed by atoms with E-state index in [1.54, 1.807) is 35.2 Å². The lowest BCUT2D eigenvalue weighted by Crippen LogP contribution is -2.41. The van der Waals surface area contributed by atoms with Crippen molar-refractivity contribution in [2.24, 2.45) is 11.1 Å². The third-order valence-electron chi connectivity index (χ3n) is 5.46. The summed E-state index contributed by atoms with van der Waals surface area (Å²) in [5.74, 6) is -1.19. The average Bonchev–Trinajstić information content (AvgIpc) is 2.84. The minimum absolute atomic E-state index is 0.0962. The van der Waals surface area contributed by atoms with Crippen LogP contribution in [0.2, 0.25) is 0 Å². The van der Waals surface area contributed by atoms with Gasteiger partial charge in [0.15, 0.2) is 0 Å². The smallest absolute Gasteiger partial charge is 0.269 e. The van der Waals surface area contributed by atoms with Crippen molar-refractivity contribution in [2.45, 2.75) is 20.4 Å². The Labute approximate surface area is 202 Å². The van der Waals surface area contributed by atoms with E-state index in [1.807, 2.05) is 13.8 Å². The van der Waals surface area contributed by atoms with E-state index in [0.29, 0.717) is 18.8 Å². The lowest BCUT2D eigenvalue weighted by Gasteiger charge is -2.32. The van der Waals surface area contributed by atoms with Gasteiger partial charge in [-0.15, -0.1) is 0 Å². The number of carbonyl (C=O) groups is 2. The molecule has 0 fully saturated rings. The van der Waals surface area contributed by atoms with E-state index in [1.165, 1.54) is 42.5 Å². The van der Waals surface area contributed by atoms with E-state index in [0.717, 1.165) is 5.56 Å². The Hall–Kier alpha value is -4.11. The summed E-state index contributed by atoms with van der Waals surface area (Å²) in [6.45, 7) is 4.92. The fourth-order valence-electron chi connectivity index (χ4n) is 3.44. The largest absolute Gasteiger partial charge is 0.334 e. The lowest BCUT2D eigenvalue weighted by atomic mass is 9.92. The molecule has 35 heavy (non-hydrogen) atoms. The molecule has 0 spiro atoms. The number of hydrogen-bond donors (Lipinski definition) is 2. The second-order valence-electron chi connectivity index (χ2n) is 8.99. The molecule has 0 radical (unpaired) electrons. The van der Waals surface area contributed by atoms with Crippen molar-refractivity contribution in [2.75, 3.05) is 18.4 Å². The van der Waals surface area contributed by atoms with Crippen LogP contribution < -0.4 is 11.1 Å². The number of nitro groups is 1. The van der Waals surface area contributed by atoms with Crippen LogP contribution in [0.1, 0.15) is 40.1 Å². The number of nitrogens with two attached hydrogens (primary N) is 1. The molecule has 0 unspecified atom stereocenters. The molecular weight excluding hydrogens is 451 g/mol. The van der Waals surface area contributed by atoms with Crippen molar-refractivity contribution in [3.05, 3.63) is 105 Å². The van der Waals surface area contributed by atoms with Gasteiger partial charge >= 0.3 is 0 Å². The summed E-state index contributed by atoms with van der Waals surface area (Å²) in [5.41, 5.74) is 7.32. The Bertz CT molecular complexity index is 1210. The van der Waals surface area contributed by atoms with Crippen molar-refractivity contribution >= 4 is 23.2 Å². The van der Waals surface area contributed by atoms with Gasteiger partial charge in [0.2, 0.25) is 0 Å². The summed E-state index contributed by atoms with van der Waals surface area (Å²) in [6, 6.07) is 17.9. The summed E-state index contributed by atoms with van der Waals surface area (Å²) < 4.78 is 13.7. The third-order valence-corrected chi connectivity index (χ3v) is 5.46. The number of anilines is 1. The molecule has 0 aliphatic carbocycles. The van der Waals surface area contributed by atoms with Crippen molar-refractivity contribution in [3.63, 3.8) is 0 Å². The quantitative estimate of drug-likeness (QED) is 0.344. The summed E-state index contributed by atoms with van der Waals surface area (Å²) in [6.07, 6.45) is 0. The van der Waals surface area contributed by atoms with Gasteiger partial charge in [0.25, 0.3) is 17.5 Å². The number of nitrogens with one attached hydrogen (secondary N) is 1. The Kier molecular flexibility index (Phi) is 7.93. The SMILES string of the molecule is CC(C)(CN)CN(Cc1ccc(NC(=O)c2ccc([N+](=O)[O-])cc2)cc1)C(=O)c1cccc(F)c1. The van der Waals surface area contributed by atoms with Gasteiger partial charge in [-0.3, -0.25) is 19.7 Å². The zero-order chi connectivity index (χ0) is 25.6. The van der Waals surface area contributed by atoms with Crippen molar-refractivity contribution in [1.82, 2.24) is 4.90 Å². The van der Waals surface area contributed by atoms with Crippen molar-refractivity contribution in [3.8, 4) is 0 Å². The number of hydrogen-bond acceptors (Lipinski definition) is 5. The van der Waals surface area contributed by atoms with Gasteiger partial charge in [0, 0.05) is 42.0 Å². The number of nitrogens with zero attached hydrogens (tertiary/aromatic N) is 2. The van der Waals surface area contributed by atoms with Crippen LogP contribution in [0.3, 0.4) is 0 Å². The first-order valence-electron chi connectivity index (χ1n) is 11.0. The van der Waals surface area contributed by atoms with Gasteiger partial charge in [0.05, 0.1) is 4.92 Å². The standard InChI is InChI=1S/C26H27FN4O4/c1-26(2,16-28)17-30(25(33)20-4-3-5-21(27)14-20)15-18-6-10-22(11-7-18)29-24(32)19-8-12-23(13-9-19)31(34)35/h3-14H,15-17,28H2,1-2H3,(H,29,32). The molecule has 2 amide bonds. The van der Waals surface area contributed by atoms with E-state index < -0.39 is 16.6 Å². The van der Waals surface area contributed by atoms with Gasteiger partial charge in [-0.25, -0.2) is 4.39 Å². The second-order valence-corrected chi connectivity index (χ2v) is 8.99. The van der Waals surface area contributed by atoms with Crippen molar-refractivity contribution in [1.29, 1.82) is 0 Å². The summed E-state index contributed by atoms with van der Waals surface area (Å²) in [5, 5.41) is 13.5. The van der Waals surface area contributed by atoms with Gasteiger partial charge in [-0.1, -0.05) is 32.0 Å². The molecule has 0 bridgehead atoms. The lowest BCUT2D eigenvalue weighted by molar-refractivity contribution is -0.384. The number of amides is 2. The van der Waals surface area contributed by atoms with E-state index in [9.17, 15) is 24.1 Å². The van der Waals surface area contributed by atoms with Crippen LogP contribution in [0, 0.1) is 21.3 Å². The highest BCUT2D eigenvalue weighted by Gasteiger charge is 2.25. The molecule has 0 saturated carbocycles. The fraction of sp³-hybridized carbons (Fsp3) is 0.231. The Balaban J connectivity index is 1.73. The van der Waals surface area contributed by atoms with Crippen LogP contribution in [0.15, 0.2) is 72.8 Å². The highest BCUT2D eigenvalue weighted by atomic mass is 19.1. The molecule has 3 aromatic carbocycles. The van der Waals surface area contributed by atoms with Gasteiger partial charge in [-0.05, 0) is 60.0 Å². The molecule has 0 saturated heterocycles. The molecular formula is C26H27FN4O4. The summed E-state index contributed by atoms with van der Waals surface area (Å²) in [4.78, 5) is 37.5. The highest BCUT2D eigenvalue weighted by Crippen LogP contribution is 2.21. The minimum atomic E-state index is -0.530. The van der Waals surface area contributed by atoms with E-state index >= 15 is 0 Å². The average molecular weight is 479 g/mol. The molecule has 3 aromatic rings. The third kappa shape index (κ3) is 6.94. The maximum atomic E-state index is 13.7. The highest BCUT2D eigenvalue weighted by molar-refractivity contribution is 6.04. The van der Waals surface area contributed by atoms with Crippen LogP contribution in [-0.2, 0) is 6.54 Å². The van der Waals surface area contributed by atoms with Crippen LogP contribution in [0.25, 0.3) is 0 Å². The van der Waals surface area contributed by atoms with Crippen LogP contribution in [-0.4, -0.2) is 34.7 Å². The predicted molar refractivity (Wildman–Crippen MR) is 131 cm³/mol. The zero-order valence-corrected chi connectivity index (χ0v) is 19.5. The van der Waals surface area contributed by atoms with E-state index in [-0.39, 0.29) is 34.7 Å². The first kappa shape index (κ1) is 25.5. The molecule has 0 aliphatic heterocycles. The van der Waals surface area contributed by atoms with E-state index in [4.69, 9.17) is 5.73 Å². The molecule has 8 nitrogen and oxygen atoms in total. The topological polar surface area (TPSA) is 119 Å². The molecule has 0 heterocycles. The first-order valence-corrected chi connectivity index (χ1v) is 11.0. The van der Waals surface area contributed by atoms with Crippen LogP contribution in [0.5, 0.6) is 0 Å². The molecule has 3 N–H and O–H groups in total. The van der Waals surface area contributed by atoms with Crippen LogP contribution >= 0.6 is 0 Å². The molecule has 3 rings (SSSR count). The molecule has 0 aromatic heterocycles. The first-order chi connectivity index (χ1) is 16.6. The van der Waals surface area contributed by atoms with Gasteiger partial charge in [0.1, 0.15) is 5.82 Å². The summed E-state index contributed by atoms with van der Waals surface area (Å²) in [7, 11) is 0. The van der Waals surface area contributed by atoms with Gasteiger partial charge < -0.3 is 16.0 Å². The second kappa shape index (κ2) is 10.9. The number of rotatable bonds is 9. The van der Waals surface area contributed by atoms with E-state index in [2.05, 4.69) is 5.32 Å². The molecule has 0 atom stereocenters. The Morgan fingerprint density at radius 1 is 1.03 bits per heavy atom. The monoisotopic (exact) mass is 478 g/mol. The number of non-ortho nitro benzene ring substituents is 1. The number of nitro benzene ring substituents is 1. The normalized spacial score (nSPS) is 11.1. The predicted octanol–water partition coefficient (Wildman–Crippen LogP) is 4.61. The summed E-state index contributed by atoms with van der Waals surface area (Å²) >= 11 is 0. The number of benzene rings is 3.